The van der Waals surface area contributed by atoms with Crippen molar-refractivity contribution in [1.29, 1.82) is 0 Å². The second kappa shape index (κ2) is 10.1. The molecule has 2 aliphatic rings. The number of ether oxygens (including phenoxy) is 2. The number of nitrogens with zero attached hydrogens (tertiary/aromatic N) is 2. The van der Waals surface area contributed by atoms with Crippen LogP contribution in [0.5, 0.6) is 11.5 Å². The van der Waals surface area contributed by atoms with Crippen LogP contribution in [-0.2, 0) is 23.1 Å². The van der Waals surface area contributed by atoms with Gasteiger partial charge in [-0.3, -0.25) is 9.69 Å². The Labute approximate surface area is 205 Å². The highest BCUT2D eigenvalue weighted by atomic mass is 32.2. The van der Waals surface area contributed by atoms with Crippen LogP contribution in [0, 0.1) is 0 Å². The van der Waals surface area contributed by atoms with E-state index < -0.39 is 10.0 Å². The Morgan fingerprint density at radius 3 is 2.40 bits per heavy atom. The highest BCUT2D eigenvalue weighted by Gasteiger charge is 2.24. The van der Waals surface area contributed by atoms with Crippen LogP contribution >= 0.6 is 0 Å². The molecule has 0 atom stereocenters. The second-order valence-electron chi connectivity index (χ2n) is 8.59. The molecule has 182 valence electrons. The fourth-order valence-corrected chi connectivity index (χ4v) is 5.31. The molecule has 0 saturated carbocycles. The largest absolute Gasteiger partial charge is 0.454 e. The summed E-state index contributed by atoms with van der Waals surface area (Å²) in [6, 6.07) is 21.5. The predicted molar refractivity (Wildman–Crippen MR) is 131 cm³/mol. The average Bonchev–Trinajstić information content (AvgIpc) is 3.36. The summed E-state index contributed by atoms with van der Waals surface area (Å²) in [7, 11) is -3.74. The first kappa shape index (κ1) is 23.3. The first-order valence-electron chi connectivity index (χ1n) is 11.5. The van der Waals surface area contributed by atoms with Crippen LogP contribution in [0.3, 0.4) is 0 Å². The molecular weight excluding hydrogens is 466 g/mol. The van der Waals surface area contributed by atoms with Crippen molar-refractivity contribution >= 4 is 15.9 Å². The van der Waals surface area contributed by atoms with E-state index in [2.05, 4.69) is 9.62 Å². The Hall–Kier alpha value is -3.40. The molecule has 35 heavy (non-hydrogen) atoms. The lowest BCUT2D eigenvalue weighted by Crippen LogP contribution is -2.48. The minimum absolute atomic E-state index is 0.0840. The molecule has 0 radical (unpaired) electrons. The lowest BCUT2D eigenvalue weighted by molar-refractivity contribution is 0.0628. The summed E-state index contributed by atoms with van der Waals surface area (Å²) >= 11 is 0. The summed E-state index contributed by atoms with van der Waals surface area (Å²) in [5, 5.41) is 0. The van der Waals surface area contributed by atoms with Crippen molar-refractivity contribution in [3.05, 3.63) is 89.5 Å². The lowest BCUT2D eigenvalue weighted by Gasteiger charge is -2.34. The van der Waals surface area contributed by atoms with Crippen LogP contribution in [0.2, 0.25) is 0 Å². The molecule has 0 unspecified atom stereocenters. The number of carbonyl (C=O) groups excluding carboxylic acids is 1. The summed E-state index contributed by atoms with van der Waals surface area (Å²) < 4.78 is 39.0. The number of fused-ring (bicyclic) bond motifs is 1. The maximum atomic E-state index is 13.1. The molecule has 2 aliphatic heterocycles. The first-order chi connectivity index (χ1) is 17.0. The molecule has 0 aromatic heterocycles. The van der Waals surface area contributed by atoms with E-state index in [1.54, 1.807) is 17.0 Å². The normalized spacial score (nSPS) is 15.8. The summed E-state index contributed by atoms with van der Waals surface area (Å²) in [5.74, 6) is 1.38. The third-order valence-electron chi connectivity index (χ3n) is 6.20. The van der Waals surface area contributed by atoms with Gasteiger partial charge in [-0.25, -0.2) is 13.1 Å². The maximum absolute atomic E-state index is 13.1. The van der Waals surface area contributed by atoms with Crippen LogP contribution in [0.4, 0.5) is 0 Å². The number of nitrogens with one attached hydrogen (secondary N) is 1. The molecule has 3 aromatic carbocycles. The van der Waals surface area contributed by atoms with E-state index in [-0.39, 0.29) is 24.1 Å². The van der Waals surface area contributed by atoms with Gasteiger partial charge in [0.15, 0.2) is 11.5 Å². The van der Waals surface area contributed by atoms with Crippen molar-refractivity contribution in [1.82, 2.24) is 14.5 Å². The summed E-state index contributed by atoms with van der Waals surface area (Å²) in [6.07, 6.45) is 0. The van der Waals surface area contributed by atoms with Gasteiger partial charge in [0, 0.05) is 44.8 Å². The molecule has 1 saturated heterocycles. The number of rotatable bonds is 7. The van der Waals surface area contributed by atoms with Crippen molar-refractivity contribution in [3.8, 4) is 11.5 Å². The van der Waals surface area contributed by atoms with Gasteiger partial charge in [-0.15, -0.1) is 0 Å². The minimum Gasteiger partial charge on any atom is -0.454 e. The molecule has 3 aromatic rings. The zero-order valence-electron chi connectivity index (χ0n) is 19.2. The van der Waals surface area contributed by atoms with Gasteiger partial charge in [-0.2, -0.15) is 0 Å². The van der Waals surface area contributed by atoms with Crippen LogP contribution in [-0.4, -0.2) is 57.1 Å². The number of amides is 1. The van der Waals surface area contributed by atoms with Gasteiger partial charge in [0.1, 0.15) is 0 Å². The van der Waals surface area contributed by atoms with Crippen molar-refractivity contribution in [3.63, 3.8) is 0 Å². The van der Waals surface area contributed by atoms with Gasteiger partial charge in [0.25, 0.3) is 5.91 Å². The van der Waals surface area contributed by atoms with E-state index in [0.717, 1.165) is 42.3 Å². The Kier molecular flexibility index (Phi) is 6.72. The smallest absolute Gasteiger partial charge is 0.253 e. The van der Waals surface area contributed by atoms with E-state index in [4.69, 9.17) is 9.47 Å². The molecule has 0 aliphatic carbocycles. The molecule has 2 heterocycles. The zero-order chi connectivity index (χ0) is 24.3. The highest BCUT2D eigenvalue weighted by Crippen LogP contribution is 2.32. The Morgan fingerprint density at radius 2 is 1.60 bits per heavy atom. The van der Waals surface area contributed by atoms with Crippen molar-refractivity contribution in [2.45, 2.75) is 18.0 Å². The molecule has 1 fully saturated rings. The first-order valence-corrected chi connectivity index (χ1v) is 13.0. The fraction of sp³-hybridized carbons (Fsp3) is 0.269. The number of hydrogen-bond donors (Lipinski definition) is 1. The van der Waals surface area contributed by atoms with Gasteiger partial charge in [0.2, 0.25) is 16.8 Å². The number of carbonyl (C=O) groups is 1. The fourth-order valence-electron chi connectivity index (χ4n) is 4.24. The van der Waals surface area contributed by atoms with E-state index in [0.29, 0.717) is 18.7 Å². The van der Waals surface area contributed by atoms with Crippen LogP contribution in [0.15, 0.2) is 77.7 Å². The number of hydrogen-bond acceptors (Lipinski definition) is 6. The van der Waals surface area contributed by atoms with Crippen LogP contribution in [0.1, 0.15) is 21.5 Å². The van der Waals surface area contributed by atoms with Gasteiger partial charge in [-0.1, -0.05) is 42.5 Å². The molecule has 0 spiro atoms. The average molecular weight is 494 g/mol. The Bertz CT molecular complexity index is 1310. The molecule has 5 rings (SSSR count). The topological polar surface area (TPSA) is 88.2 Å². The monoisotopic (exact) mass is 493 g/mol. The molecule has 8 nitrogen and oxygen atoms in total. The predicted octanol–water partition coefficient (Wildman–Crippen LogP) is 2.85. The van der Waals surface area contributed by atoms with Crippen molar-refractivity contribution in [2.24, 2.45) is 0 Å². The quantitative estimate of drug-likeness (QED) is 0.545. The SMILES string of the molecule is O=C(c1cccc(S(=O)(=O)NCc2ccccc2)c1)N1CCN(Cc2ccc3c(c2)OCO3)CC1. The summed E-state index contributed by atoms with van der Waals surface area (Å²) in [5.41, 5.74) is 2.37. The Balaban J connectivity index is 1.18. The zero-order valence-corrected chi connectivity index (χ0v) is 20.0. The van der Waals surface area contributed by atoms with E-state index in [1.165, 1.54) is 12.1 Å². The number of benzene rings is 3. The van der Waals surface area contributed by atoms with Gasteiger partial charge >= 0.3 is 0 Å². The Morgan fingerprint density at radius 1 is 0.829 bits per heavy atom. The van der Waals surface area contributed by atoms with Gasteiger partial charge in [0.05, 0.1) is 4.90 Å². The number of piperazine rings is 1. The van der Waals surface area contributed by atoms with E-state index >= 15 is 0 Å². The van der Waals surface area contributed by atoms with E-state index in [9.17, 15) is 13.2 Å². The van der Waals surface area contributed by atoms with Crippen LogP contribution < -0.4 is 14.2 Å². The maximum Gasteiger partial charge on any atom is 0.253 e. The summed E-state index contributed by atoms with van der Waals surface area (Å²) in [4.78, 5) is 17.3. The molecule has 0 bridgehead atoms. The summed E-state index contributed by atoms with van der Waals surface area (Å²) in [6.45, 7) is 3.82. The third-order valence-corrected chi connectivity index (χ3v) is 7.60. The minimum atomic E-state index is -3.74. The molecule has 1 amide bonds. The molecule has 1 N–H and O–H groups in total. The second-order valence-corrected chi connectivity index (χ2v) is 10.4. The lowest BCUT2D eigenvalue weighted by atomic mass is 10.1. The standard InChI is InChI=1S/C26H27N3O5S/c30-26(22-7-4-8-23(16-22)35(31,32)27-17-20-5-2-1-3-6-20)29-13-11-28(12-14-29)18-21-9-10-24-25(15-21)34-19-33-24/h1-10,15-16,27H,11-14,17-19H2. The van der Waals surface area contributed by atoms with Crippen molar-refractivity contribution in [2.75, 3.05) is 33.0 Å². The van der Waals surface area contributed by atoms with E-state index in [1.807, 2.05) is 48.5 Å². The third kappa shape index (κ3) is 5.48. The highest BCUT2D eigenvalue weighted by molar-refractivity contribution is 7.89. The van der Waals surface area contributed by atoms with Gasteiger partial charge in [-0.05, 0) is 41.5 Å². The van der Waals surface area contributed by atoms with Gasteiger partial charge < -0.3 is 14.4 Å². The van der Waals surface area contributed by atoms with Crippen LogP contribution in [0.25, 0.3) is 0 Å². The molecular formula is C26H27N3O5S. The number of sulfonamides is 1. The molecule has 9 heteroatoms. The van der Waals surface area contributed by atoms with Crippen molar-refractivity contribution < 1.29 is 22.7 Å².